The Hall–Kier alpha value is -3.09. The molecule has 0 saturated carbocycles. The van der Waals surface area contributed by atoms with E-state index in [1.54, 1.807) is 7.11 Å². The van der Waals surface area contributed by atoms with Crippen LogP contribution in [0, 0.1) is 6.92 Å². The molecular formula is C20H23N3O4. The van der Waals surface area contributed by atoms with Gasteiger partial charge in [0.1, 0.15) is 5.75 Å². The topological polar surface area (TPSA) is 63.3 Å². The summed E-state index contributed by atoms with van der Waals surface area (Å²) in [6.07, 6.45) is 0. The molecule has 0 radical (unpaired) electrons. The van der Waals surface area contributed by atoms with Crippen LogP contribution in [-0.4, -0.2) is 51.0 Å². The molecule has 2 amide bonds. The molecule has 2 aliphatic rings. The van der Waals surface area contributed by atoms with Crippen molar-refractivity contribution in [2.75, 3.05) is 50.3 Å². The first-order valence-electron chi connectivity index (χ1n) is 8.99. The van der Waals surface area contributed by atoms with Crippen LogP contribution in [0.3, 0.4) is 0 Å². The van der Waals surface area contributed by atoms with Gasteiger partial charge in [-0.25, -0.2) is 4.79 Å². The van der Waals surface area contributed by atoms with Gasteiger partial charge < -0.3 is 29.3 Å². The molecule has 0 bridgehead atoms. The van der Waals surface area contributed by atoms with Crippen LogP contribution in [0.1, 0.15) is 5.56 Å². The molecule has 4 rings (SSSR count). The second-order valence-corrected chi connectivity index (χ2v) is 6.65. The SMILES string of the molecule is COc1ccc(C)cc1NC(=O)N1CCN(c2ccc3c(c2)OCO3)CC1. The Kier molecular flexibility index (Phi) is 4.66. The van der Waals surface area contributed by atoms with Gasteiger partial charge in [-0.3, -0.25) is 0 Å². The van der Waals surface area contributed by atoms with Crippen molar-refractivity contribution in [1.82, 2.24) is 4.90 Å². The number of urea groups is 1. The normalized spacial score (nSPS) is 15.6. The Balaban J connectivity index is 1.38. The van der Waals surface area contributed by atoms with Crippen molar-refractivity contribution in [2.45, 2.75) is 6.92 Å². The van der Waals surface area contributed by atoms with Crippen LogP contribution in [0.2, 0.25) is 0 Å². The smallest absolute Gasteiger partial charge is 0.322 e. The van der Waals surface area contributed by atoms with Crippen molar-refractivity contribution in [3.63, 3.8) is 0 Å². The number of carbonyl (C=O) groups excluding carboxylic acids is 1. The highest BCUT2D eigenvalue weighted by molar-refractivity contribution is 5.91. The van der Waals surface area contributed by atoms with Crippen LogP contribution >= 0.6 is 0 Å². The third-order valence-electron chi connectivity index (χ3n) is 4.88. The van der Waals surface area contributed by atoms with Crippen molar-refractivity contribution in [2.24, 2.45) is 0 Å². The lowest BCUT2D eigenvalue weighted by Crippen LogP contribution is -2.50. The number of benzene rings is 2. The third-order valence-corrected chi connectivity index (χ3v) is 4.88. The Morgan fingerprint density at radius 1 is 1.04 bits per heavy atom. The number of nitrogens with one attached hydrogen (secondary N) is 1. The molecule has 7 nitrogen and oxygen atoms in total. The molecule has 2 aromatic rings. The molecule has 1 N–H and O–H groups in total. The number of ether oxygens (including phenoxy) is 3. The van der Waals surface area contributed by atoms with Gasteiger partial charge in [0.05, 0.1) is 12.8 Å². The maximum Gasteiger partial charge on any atom is 0.322 e. The molecule has 2 aromatic carbocycles. The first-order chi connectivity index (χ1) is 13.1. The summed E-state index contributed by atoms with van der Waals surface area (Å²) in [7, 11) is 1.60. The van der Waals surface area contributed by atoms with E-state index >= 15 is 0 Å². The van der Waals surface area contributed by atoms with E-state index in [-0.39, 0.29) is 12.8 Å². The second-order valence-electron chi connectivity index (χ2n) is 6.65. The van der Waals surface area contributed by atoms with Crippen LogP contribution in [-0.2, 0) is 0 Å². The average molecular weight is 369 g/mol. The summed E-state index contributed by atoms with van der Waals surface area (Å²) in [5.41, 5.74) is 2.85. The number of nitrogens with zero attached hydrogens (tertiary/aromatic N) is 2. The van der Waals surface area contributed by atoms with E-state index < -0.39 is 0 Å². The number of anilines is 2. The number of hydrogen-bond donors (Lipinski definition) is 1. The zero-order valence-electron chi connectivity index (χ0n) is 15.5. The zero-order valence-corrected chi connectivity index (χ0v) is 15.5. The van der Waals surface area contributed by atoms with Crippen molar-refractivity contribution < 1.29 is 19.0 Å². The summed E-state index contributed by atoms with van der Waals surface area (Å²) < 4.78 is 16.1. The van der Waals surface area contributed by atoms with Crippen molar-refractivity contribution in [3.8, 4) is 17.2 Å². The monoisotopic (exact) mass is 369 g/mol. The summed E-state index contributed by atoms with van der Waals surface area (Å²) in [6, 6.07) is 11.6. The van der Waals surface area contributed by atoms with E-state index in [2.05, 4.69) is 10.2 Å². The summed E-state index contributed by atoms with van der Waals surface area (Å²) in [5, 5.41) is 2.97. The summed E-state index contributed by atoms with van der Waals surface area (Å²) in [5.74, 6) is 2.22. The van der Waals surface area contributed by atoms with Crippen molar-refractivity contribution >= 4 is 17.4 Å². The maximum absolute atomic E-state index is 12.6. The predicted octanol–water partition coefficient (Wildman–Crippen LogP) is 3.09. The minimum atomic E-state index is -0.107. The number of fused-ring (bicyclic) bond motifs is 1. The third kappa shape index (κ3) is 3.58. The van der Waals surface area contributed by atoms with Gasteiger partial charge in [-0.2, -0.15) is 0 Å². The number of hydrogen-bond acceptors (Lipinski definition) is 5. The van der Waals surface area contributed by atoms with Crippen LogP contribution in [0.4, 0.5) is 16.2 Å². The maximum atomic E-state index is 12.6. The number of aryl methyl sites for hydroxylation is 1. The molecule has 2 heterocycles. The first kappa shape index (κ1) is 17.3. The van der Waals surface area contributed by atoms with E-state index in [1.807, 2.05) is 48.2 Å². The second kappa shape index (κ2) is 7.26. The highest BCUT2D eigenvalue weighted by atomic mass is 16.7. The standard InChI is InChI=1S/C20H23N3O4/c1-14-3-5-17(25-2)16(11-14)21-20(24)23-9-7-22(8-10-23)15-4-6-18-19(12-15)27-13-26-18/h3-6,11-12H,7-10,13H2,1-2H3,(H,21,24). The lowest BCUT2D eigenvalue weighted by Gasteiger charge is -2.36. The van der Waals surface area contributed by atoms with E-state index in [0.717, 1.165) is 35.8 Å². The number of amides is 2. The van der Waals surface area contributed by atoms with Crippen LogP contribution in [0.15, 0.2) is 36.4 Å². The lowest BCUT2D eigenvalue weighted by molar-refractivity contribution is 0.174. The number of rotatable bonds is 3. The zero-order chi connectivity index (χ0) is 18.8. The highest BCUT2D eigenvalue weighted by Crippen LogP contribution is 2.35. The fraction of sp³-hybridized carbons (Fsp3) is 0.350. The van der Waals surface area contributed by atoms with Gasteiger partial charge >= 0.3 is 6.03 Å². The van der Waals surface area contributed by atoms with E-state index in [1.165, 1.54) is 0 Å². The molecule has 27 heavy (non-hydrogen) atoms. The van der Waals surface area contributed by atoms with E-state index in [0.29, 0.717) is 24.5 Å². The molecule has 1 fully saturated rings. The molecule has 0 unspecified atom stereocenters. The van der Waals surface area contributed by atoms with Gasteiger partial charge in [-0.05, 0) is 36.8 Å². The van der Waals surface area contributed by atoms with E-state index in [4.69, 9.17) is 14.2 Å². The molecule has 0 aliphatic carbocycles. The quantitative estimate of drug-likeness (QED) is 0.901. The molecule has 0 aromatic heterocycles. The largest absolute Gasteiger partial charge is 0.495 e. The number of carbonyl (C=O) groups is 1. The molecule has 0 atom stereocenters. The molecule has 142 valence electrons. The summed E-state index contributed by atoms with van der Waals surface area (Å²) >= 11 is 0. The van der Waals surface area contributed by atoms with Gasteiger partial charge in [-0.1, -0.05) is 6.07 Å². The summed E-state index contributed by atoms with van der Waals surface area (Å²) in [4.78, 5) is 16.7. The first-order valence-corrected chi connectivity index (χ1v) is 8.99. The molecule has 7 heteroatoms. The number of piperazine rings is 1. The Bertz CT molecular complexity index is 847. The van der Waals surface area contributed by atoms with Crippen LogP contribution in [0.5, 0.6) is 17.2 Å². The van der Waals surface area contributed by atoms with Gasteiger partial charge in [0, 0.05) is 37.9 Å². The van der Waals surface area contributed by atoms with E-state index in [9.17, 15) is 4.79 Å². The molecule has 0 spiro atoms. The Morgan fingerprint density at radius 3 is 2.59 bits per heavy atom. The fourth-order valence-electron chi connectivity index (χ4n) is 3.36. The van der Waals surface area contributed by atoms with Crippen molar-refractivity contribution in [1.29, 1.82) is 0 Å². The fourth-order valence-corrected chi connectivity index (χ4v) is 3.36. The molecular weight excluding hydrogens is 346 g/mol. The Labute approximate surface area is 158 Å². The van der Waals surface area contributed by atoms with Gasteiger partial charge in [-0.15, -0.1) is 0 Å². The van der Waals surface area contributed by atoms with Gasteiger partial charge in [0.2, 0.25) is 6.79 Å². The molecule has 1 saturated heterocycles. The van der Waals surface area contributed by atoms with Crippen LogP contribution < -0.4 is 24.4 Å². The number of methoxy groups -OCH3 is 1. The van der Waals surface area contributed by atoms with Crippen molar-refractivity contribution in [3.05, 3.63) is 42.0 Å². The average Bonchev–Trinajstić information content (AvgIpc) is 3.16. The van der Waals surface area contributed by atoms with Crippen LogP contribution in [0.25, 0.3) is 0 Å². The minimum Gasteiger partial charge on any atom is -0.495 e. The summed E-state index contributed by atoms with van der Waals surface area (Å²) in [6.45, 7) is 5.08. The minimum absolute atomic E-state index is 0.107. The predicted molar refractivity (Wildman–Crippen MR) is 103 cm³/mol. The highest BCUT2D eigenvalue weighted by Gasteiger charge is 2.23. The van der Waals surface area contributed by atoms with Gasteiger partial charge in [0.15, 0.2) is 11.5 Å². The Morgan fingerprint density at radius 2 is 1.81 bits per heavy atom. The lowest BCUT2D eigenvalue weighted by atomic mass is 10.2. The van der Waals surface area contributed by atoms with Gasteiger partial charge in [0.25, 0.3) is 0 Å². The molecule has 2 aliphatic heterocycles.